The predicted molar refractivity (Wildman–Crippen MR) is 60.4 cm³/mol. The van der Waals surface area contributed by atoms with Gasteiger partial charge in [0.1, 0.15) is 11.0 Å². The Balaban J connectivity index is 2.94. The molecule has 0 saturated heterocycles. The van der Waals surface area contributed by atoms with Gasteiger partial charge in [-0.1, -0.05) is 15.9 Å². The minimum atomic E-state index is -1.08. The molecule has 2 atom stereocenters. The van der Waals surface area contributed by atoms with E-state index in [1.54, 1.807) is 11.4 Å². The molecule has 4 nitrogen and oxygen atoms in total. The Morgan fingerprint density at radius 1 is 1.67 bits per heavy atom. The van der Waals surface area contributed by atoms with Crippen molar-refractivity contribution in [3.63, 3.8) is 0 Å². The fourth-order valence-corrected chi connectivity index (χ4v) is 2.31. The van der Waals surface area contributed by atoms with Gasteiger partial charge in [0.05, 0.1) is 13.2 Å². The second kappa shape index (κ2) is 5.60. The van der Waals surface area contributed by atoms with E-state index in [4.69, 9.17) is 0 Å². The van der Waals surface area contributed by atoms with Gasteiger partial charge >= 0.3 is 5.97 Å². The molecule has 2 N–H and O–H groups in total. The van der Waals surface area contributed by atoms with Crippen LogP contribution in [-0.4, -0.2) is 34.7 Å². The van der Waals surface area contributed by atoms with E-state index in [-0.39, 0.29) is 5.33 Å². The molecule has 15 heavy (non-hydrogen) atoms. The summed E-state index contributed by atoms with van der Waals surface area (Å²) in [5.74, 6) is -0.499. The molecule has 6 heteroatoms. The molecule has 1 rings (SSSR count). The van der Waals surface area contributed by atoms with Crippen LogP contribution in [0.5, 0.6) is 0 Å². The summed E-state index contributed by atoms with van der Waals surface area (Å²) in [7, 11) is 1.28. The van der Waals surface area contributed by atoms with Crippen molar-refractivity contribution < 1.29 is 19.7 Å². The summed E-state index contributed by atoms with van der Waals surface area (Å²) in [6.07, 6.45) is -2.02. The molecule has 0 radical (unpaired) electrons. The first kappa shape index (κ1) is 12.6. The van der Waals surface area contributed by atoms with Crippen molar-refractivity contribution in [1.29, 1.82) is 0 Å². The van der Waals surface area contributed by atoms with Crippen molar-refractivity contribution in [2.75, 3.05) is 12.4 Å². The van der Waals surface area contributed by atoms with Crippen molar-refractivity contribution in [3.8, 4) is 0 Å². The summed E-state index contributed by atoms with van der Waals surface area (Å²) in [4.78, 5) is 11.6. The number of carbonyl (C=O) groups is 1. The highest BCUT2D eigenvalue weighted by molar-refractivity contribution is 9.09. The highest BCUT2D eigenvalue weighted by atomic mass is 79.9. The number of aliphatic hydroxyl groups is 2. The van der Waals surface area contributed by atoms with E-state index in [1.807, 2.05) is 0 Å². The van der Waals surface area contributed by atoms with Crippen molar-refractivity contribution in [2.45, 2.75) is 12.2 Å². The summed E-state index contributed by atoms with van der Waals surface area (Å²) in [6, 6.07) is 1.60. The first-order valence-electron chi connectivity index (χ1n) is 4.19. The van der Waals surface area contributed by atoms with Crippen LogP contribution < -0.4 is 0 Å². The molecule has 84 valence electrons. The first-order valence-corrected chi connectivity index (χ1v) is 6.19. The summed E-state index contributed by atoms with van der Waals surface area (Å²) in [5.41, 5.74) is 0.402. The van der Waals surface area contributed by atoms with Crippen LogP contribution >= 0.6 is 27.3 Å². The largest absolute Gasteiger partial charge is 0.465 e. The van der Waals surface area contributed by atoms with E-state index < -0.39 is 18.2 Å². The molecule has 1 aromatic rings. The lowest BCUT2D eigenvalue weighted by Crippen LogP contribution is -2.20. The second-order valence-corrected chi connectivity index (χ2v) is 4.43. The van der Waals surface area contributed by atoms with Gasteiger partial charge in [0.25, 0.3) is 0 Å². The minimum Gasteiger partial charge on any atom is -0.465 e. The molecule has 0 aliphatic rings. The number of hydrogen-bond donors (Lipinski definition) is 2. The van der Waals surface area contributed by atoms with E-state index in [0.717, 1.165) is 0 Å². The van der Waals surface area contributed by atoms with Crippen LogP contribution in [0.3, 0.4) is 0 Å². The summed E-state index contributed by atoms with van der Waals surface area (Å²) in [6.45, 7) is 0. The van der Waals surface area contributed by atoms with Gasteiger partial charge in [0, 0.05) is 10.9 Å². The van der Waals surface area contributed by atoms with Crippen molar-refractivity contribution in [2.24, 2.45) is 0 Å². The van der Waals surface area contributed by atoms with E-state index in [2.05, 4.69) is 20.7 Å². The van der Waals surface area contributed by atoms with E-state index in [9.17, 15) is 15.0 Å². The highest BCUT2D eigenvalue weighted by Gasteiger charge is 2.24. The SMILES string of the molecule is COC(=O)c1sccc1C(O)C(O)CBr. The molecule has 0 amide bonds. The molecule has 0 aromatic carbocycles. The van der Waals surface area contributed by atoms with E-state index >= 15 is 0 Å². The zero-order chi connectivity index (χ0) is 11.4. The number of esters is 1. The summed E-state index contributed by atoms with van der Waals surface area (Å²) >= 11 is 4.23. The lowest BCUT2D eigenvalue weighted by atomic mass is 10.1. The molecule has 0 fully saturated rings. The van der Waals surface area contributed by atoms with Crippen LogP contribution in [0.1, 0.15) is 21.3 Å². The van der Waals surface area contributed by atoms with Crippen LogP contribution in [0.25, 0.3) is 0 Å². The minimum absolute atomic E-state index is 0.241. The number of aliphatic hydroxyl groups excluding tert-OH is 2. The molecule has 0 saturated carbocycles. The maximum Gasteiger partial charge on any atom is 0.348 e. The third-order valence-corrected chi connectivity index (χ3v) is 3.48. The lowest BCUT2D eigenvalue weighted by Gasteiger charge is -2.15. The Labute approximate surface area is 99.6 Å². The van der Waals surface area contributed by atoms with Gasteiger partial charge in [0.2, 0.25) is 0 Å². The Bertz CT molecular complexity index is 339. The number of thiophene rings is 1. The van der Waals surface area contributed by atoms with Crippen LogP contribution in [0.2, 0.25) is 0 Å². The molecule has 2 unspecified atom stereocenters. The number of rotatable bonds is 4. The average Bonchev–Trinajstić information content (AvgIpc) is 2.74. The van der Waals surface area contributed by atoms with E-state index in [0.29, 0.717) is 10.4 Å². The Kier molecular flexibility index (Phi) is 4.72. The number of ether oxygens (including phenoxy) is 1. The van der Waals surface area contributed by atoms with Gasteiger partial charge in [-0.25, -0.2) is 4.79 Å². The maximum absolute atomic E-state index is 11.3. The number of alkyl halides is 1. The number of methoxy groups -OCH3 is 1. The van der Waals surface area contributed by atoms with Gasteiger partial charge in [-0.05, 0) is 11.4 Å². The average molecular weight is 295 g/mol. The van der Waals surface area contributed by atoms with Crippen LogP contribution in [0.4, 0.5) is 0 Å². The molecule has 0 spiro atoms. The second-order valence-electron chi connectivity index (χ2n) is 2.86. The van der Waals surface area contributed by atoms with Crippen molar-refractivity contribution >= 4 is 33.2 Å². The Hall–Kier alpha value is -0.430. The van der Waals surface area contributed by atoms with Gasteiger partial charge in [-0.15, -0.1) is 11.3 Å². The normalized spacial score (nSPS) is 14.7. The summed E-state index contributed by atoms with van der Waals surface area (Å²) < 4.78 is 4.57. The van der Waals surface area contributed by atoms with Crippen LogP contribution in [0, 0.1) is 0 Å². The van der Waals surface area contributed by atoms with Crippen LogP contribution in [0.15, 0.2) is 11.4 Å². The molecule has 0 aliphatic carbocycles. The molecular weight excluding hydrogens is 284 g/mol. The third kappa shape index (κ3) is 2.78. The lowest BCUT2D eigenvalue weighted by molar-refractivity contribution is 0.0327. The number of halogens is 1. The fraction of sp³-hybridized carbons (Fsp3) is 0.444. The predicted octanol–water partition coefficient (Wildman–Crippen LogP) is 1.32. The van der Waals surface area contributed by atoms with E-state index in [1.165, 1.54) is 18.4 Å². The van der Waals surface area contributed by atoms with Crippen LogP contribution in [-0.2, 0) is 4.74 Å². The maximum atomic E-state index is 11.3. The highest BCUT2D eigenvalue weighted by Crippen LogP contribution is 2.27. The zero-order valence-corrected chi connectivity index (χ0v) is 10.4. The zero-order valence-electron chi connectivity index (χ0n) is 8.01. The van der Waals surface area contributed by atoms with Crippen molar-refractivity contribution in [1.82, 2.24) is 0 Å². The molecule has 0 aliphatic heterocycles. The monoisotopic (exact) mass is 294 g/mol. The first-order chi connectivity index (χ1) is 7.11. The molecular formula is C9H11BrO4S. The number of hydrogen-bond acceptors (Lipinski definition) is 5. The van der Waals surface area contributed by atoms with Gasteiger partial charge in [0.15, 0.2) is 0 Å². The van der Waals surface area contributed by atoms with Gasteiger partial charge < -0.3 is 14.9 Å². The Morgan fingerprint density at radius 3 is 2.87 bits per heavy atom. The molecule has 1 heterocycles. The smallest absolute Gasteiger partial charge is 0.348 e. The third-order valence-electron chi connectivity index (χ3n) is 1.91. The standard InChI is InChI=1S/C9H11BrO4S/c1-14-9(13)8-5(2-3-15-8)7(12)6(11)4-10/h2-3,6-7,11-12H,4H2,1H3. The summed E-state index contributed by atoms with van der Waals surface area (Å²) in [5, 5.41) is 21.1. The van der Waals surface area contributed by atoms with Crippen molar-refractivity contribution in [3.05, 3.63) is 21.9 Å². The van der Waals surface area contributed by atoms with Gasteiger partial charge in [-0.2, -0.15) is 0 Å². The van der Waals surface area contributed by atoms with Gasteiger partial charge in [-0.3, -0.25) is 0 Å². The quantitative estimate of drug-likeness (QED) is 0.649. The Morgan fingerprint density at radius 2 is 2.33 bits per heavy atom. The fourth-order valence-electron chi connectivity index (χ4n) is 1.10. The number of carbonyl (C=O) groups excluding carboxylic acids is 1. The topological polar surface area (TPSA) is 66.8 Å². The molecule has 1 aromatic heterocycles. The molecule has 0 bridgehead atoms.